The van der Waals surface area contributed by atoms with Gasteiger partial charge < -0.3 is 19.9 Å². The normalized spacial score (nSPS) is 18.8. The molecule has 28 heavy (non-hydrogen) atoms. The number of nitrogens with zero attached hydrogens (tertiary/aromatic N) is 1. The van der Waals surface area contributed by atoms with Gasteiger partial charge >= 0.3 is 6.09 Å². The fourth-order valence-electron chi connectivity index (χ4n) is 3.35. The standard InChI is InChI=1S/C21H28N2O4S/c1-22-20(24)27-18-6-5-17(16-23-10-2-3-11-23)15-19(18)26-12-4-7-21(25)8-13-28-14-9-21/h5-6,15,25H,2-3,8-14,16H2,1H3,(H,22,24). The van der Waals surface area contributed by atoms with Crippen molar-refractivity contribution in [3.05, 3.63) is 23.8 Å². The van der Waals surface area contributed by atoms with Crippen LogP contribution in [0.25, 0.3) is 0 Å². The SMILES string of the molecule is CNC(=O)Oc1ccc(CN2CCCC2)cc1OCC#CC1(O)CCSCC1. The zero-order valence-electron chi connectivity index (χ0n) is 16.3. The number of hydrogen-bond acceptors (Lipinski definition) is 6. The number of nitrogens with one attached hydrogen (secondary N) is 1. The van der Waals surface area contributed by atoms with Gasteiger partial charge in [-0.15, -0.1) is 0 Å². The Hall–Kier alpha value is -1.88. The molecule has 152 valence electrons. The first-order valence-electron chi connectivity index (χ1n) is 9.76. The Morgan fingerprint density at radius 3 is 2.75 bits per heavy atom. The molecule has 0 spiro atoms. The number of ether oxygens (including phenoxy) is 2. The molecule has 0 atom stereocenters. The minimum Gasteiger partial charge on any atom is -0.477 e. The highest BCUT2D eigenvalue weighted by Gasteiger charge is 2.26. The molecule has 1 aromatic carbocycles. The minimum atomic E-state index is -0.909. The van der Waals surface area contributed by atoms with Crippen LogP contribution in [0, 0.1) is 11.8 Å². The number of carbonyl (C=O) groups is 1. The van der Waals surface area contributed by atoms with E-state index in [9.17, 15) is 9.90 Å². The second-order valence-electron chi connectivity index (χ2n) is 7.14. The van der Waals surface area contributed by atoms with Gasteiger partial charge in [0.1, 0.15) is 12.2 Å². The van der Waals surface area contributed by atoms with Gasteiger partial charge in [0.25, 0.3) is 0 Å². The number of carbonyl (C=O) groups excluding carboxylic acids is 1. The maximum Gasteiger partial charge on any atom is 0.412 e. The molecule has 0 saturated carbocycles. The van der Waals surface area contributed by atoms with Gasteiger partial charge in [-0.2, -0.15) is 11.8 Å². The van der Waals surface area contributed by atoms with Crippen molar-refractivity contribution >= 4 is 17.9 Å². The van der Waals surface area contributed by atoms with Crippen molar-refractivity contribution < 1.29 is 19.4 Å². The quantitative estimate of drug-likeness (QED) is 0.736. The van der Waals surface area contributed by atoms with E-state index in [-0.39, 0.29) is 6.61 Å². The van der Waals surface area contributed by atoms with Crippen molar-refractivity contribution in [3.8, 4) is 23.3 Å². The van der Waals surface area contributed by atoms with Crippen LogP contribution in [-0.2, 0) is 6.54 Å². The lowest BCUT2D eigenvalue weighted by Gasteiger charge is -2.26. The second kappa shape index (κ2) is 10.1. The summed E-state index contributed by atoms with van der Waals surface area (Å²) in [5.74, 6) is 8.58. The van der Waals surface area contributed by atoms with Gasteiger partial charge in [-0.3, -0.25) is 4.90 Å². The number of aliphatic hydroxyl groups is 1. The molecule has 0 aliphatic carbocycles. The van der Waals surface area contributed by atoms with Crippen molar-refractivity contribution in [1.29, 1.82) is 0 Å². The summed E-state index contributed by atoms with van der Waals surface area (Å²) >= 11 is 1.84. The first-order valence-corrected chi connectivity index (χ1v) is 10.9. The lowest BCUT2D eigenvalue weighted by molar-refractivity contribution is 0.0925. The van der Waals surface area contributed by atoms with Gasteiger partial charge in [0, 0.05) is 13.6 Å². The first kappa shape index (κ1) is 20.8. The molecule has 2 N–H and O–H groups in total. The van der Waals surface area contributed by atoms with Crippen LogP contribution >= 0.6 is 11.8 Å². The van der Waals surface area contributed by atoms with Gasteiger partial charge in [-0.05, 0) is 68.0 Å². The molecule has 2 heterocycles. The topological polar surface area (TPSA) is 71.0 Å². The highest BCUT2D eigenvalue weighted by Crippen LogP contribution is 2.30. The largest absolute Gasteiger partial charge is 0.477 e. The van der Waals surface area contributed by atoms with E-state index in [0.717, 1.165) is 36.7 Å². The Bertz CT molecular complexity index is 732. The molecular weight excluding hydrogens is 376 g/mol. The maximum atomic E-state index is 11.6. The Kier molecular flexibility index (Phi) is 7.49. The van der Waals surface area contributed by atoms with Gasteiger partial charge in [0.05, 0.1) is 0 Å². The summed E-state index contributed by atoms with van der Waals surface area (Å²) in [6.07, 6.45) is 3.29. The summed E-state index contributed by atoms with van der Waals surface area (Å²) in [6.45, 7) is 3.19. The van der Waals surface area contributed by atoms with Crippen LogP contribution in [0.5, 0.6) is 11.5 Å². The highest BCUT2D eigenvalue weighted by molar-refractivity contribution is 7.99. The fourth-order valence-corrected chi connectivity index (χ4v) is 4.51. The molecule has 0 unspecified atom stereocenters. The van der Waals surface area contributed by atoms with Crippen molar-refractivity contribution in [2.24, 2.45) is 0 Å². The van der Waals surface area contributed by atoms with Crippen LogP contribution in [0.1, 0.15) is 31.2 Å². The summed E-state index contributed by atoms with van der Waals surface area (Å²) in [5, 5.41) is 12.9. The molecule has 2 fully saturated rings. The van der Waals surface area contributed by atoms with E-state index in [2.05, 4.69) is 22.1 Å². The third kappa shape index (κ3) is 6.06. The molecule has 3 rings (SSSR count). The van der Waals surface area contributed by atoms with Crippen molar-refractivity contribution in [1.82, 2.24) is 10.2 Å². The summed E-state index contributed by atoms with van der Waals surface area (Å²) in [7, 11) is 1.51. The monoisotopic (exact) mass is 404 g/mol. The predicted octanol–water partition coefficient (Wildman–Crippen LogP) is 2.64. The van der Waals surface area contributed by atoms with Gasteiger partial charge in [-0.1, -0.05) is 17.9 Å². The Morgan fingerprint density at radius 1 is 1.29 bits per heavy atom. The van der Waals surface area contributed by atoms with E-state index in [1.54, 1.807) is 6.07 Å². The summed E-state index contributed by atoms with van der Waals surface area (Å²) < 4.78 is 11.1. The molecule has 1 aromatic rings. The van der Waals surface area contributed by atoms with E-state index < -0.39 is 11.7 Å². The highest BCUT2D eigenvalue weighted by atomic mass is 32.2. The van der Waals surface area contributed by atoms with E-state index in [4.69, 9.17) is 9.47 Å². The van der Waals surface area contributed by atoms with Crippen molar-refractivity contribution in [2.45, 2.75) is 37.8 Å². The van der Waals surface area contributed by atoms with Gasteiger partial charge in [0.15, 0.2) is 11.5 Å². The van der Waals surface area contributed by atoms with Crippen LogP contribution in [0.2, 0.25) is 0 Å². The number of amides is 1. The summed E-state index contributed by atoms with van der Waals surface area (Å²) in [5.41, 5.74) is 0.199. The third-order valence-corrected chi connectivity index (χ3v) is 5.95. The molecule has 2 aliphatic heterocycles. The summed E-state index contributed by atoms with van der Waals surface area (Å²) in [6, 6.07) is 5.62. The molecule has 0 aromatic heterocycles. The molecule has 1 amide bonds. The lowest BCUT2D eigenvalue weighted by Crippen LogP contribution is -2.31. The van der Waals surface area contributed by atoms with Crippen LogP contribution < -0.4 is 14.8 Å². The third-order valence-electron chi connectivity index (χ3n) is 4.96. The number of likely N-dealkylation sites (tertiary alicyclic amines) is 1. The van der Waals surface area contributed by atoms with Gasteiger partial charge in [-0.25, -0.2) is 4.79 Å². The molecule has 0 bridgehead atoms. The Balaban J connectivity index is 1.67. The number of rotatable bonds is 5. The predicted molar refractivity (Wildman–Crippen MR) is 111 cm³/mol. The molecular formula is C21H28N2O4S. The molecule has 7 heteroatoms. The van der Waals surface area contributed by atoms with E-state index in [1.807, 2.05) is 23.9 Å². The van der Waals surface area contributed by atoms with Gasteiger partial charge in [0.2, 0.25) is 0 Å². The smallest absolute Gasteiger partial charge is 0.412 e. The second-order valence-corrected chi connectivity index (χ2v) is 8.36. The Labute approximate surface area is 171 Å². The molecule has 2 saturated heterocycles. The zero-order valence-corrected chi connectivity index (χ0v) is 17.1. The zero-order chi connectivity index (χ0) is 19.8. The summed E-state index contributed by atoms with van der Waals surface area (Å²) in [4.78, 5) is 14.0. The fraction of sp³-hybridized carbons (Fsp3) is 0.571. The van der Waals surface area contributed by atoms with Crippen LogP contribution in [-0.4, -0.2) is 60.0 Å². The maximum absolute atomic E-state index is 11.6. The number of hydrogen-bond donors (Lipinski definition) is 2. The lowest BCUT2D eigenvalue weighted by atomic mass is 9.98. The van der Waals surface area contributed by atoms with Crippen LogP contribution in [0.15, 0.2) is 18.2 Å². The molecule has 0 radical (unpaired) electrons. The molecule has 6 nitrogen and oxygen atoms in total. The average Bonchev–Trinajstić information content (AvgIpc) is 3.20. The average molecular weight is 405 g/mol. The van der Waals surface area contributed by atoms with Crippen molar-refractivity contribution in [3.63, 3.8) is 0 Å². The van der Waals surface area contributed by atoms with Crippen LogP contribution in [0.4, 0.5) is 4.79 Å². The first-order chi connectivity index (χ1) is 13.6. The van der Waals surface area contributed by atoms with E-state index in [0.29, 0.717) is 24.3 Å². The minimum absolute atomic E-state index is 0.132. The molecule has 2 aliphatic rings. The van der Waals surface area contributed by atoms with E-state index >= 15 is 0 Å². The number of benzene rings is 1. The Morgan fingerprint density at radius 2 is 2.04 bits per heavy atom. The van der Waals surface area contributed by atoms with Crippen LogP contribution in [0.3, 0.4) is 0 Å². The van der Waals surface area contributed by atoms with E-state index in [1.165, 1.54) is 19.9 Å². The number of thioether (sulfide) groups is 1. The van der Waals surface area contributed by atoms with Crippen molar-refractivity contribution in [2.75, 3.05) is 38.2 Å².